The van der Waals surface area contributed by atoms with Gasteiger partial charge in [-0.3, -0.25) is 9.59 Å². The van der Waals surface area contributed by atoms with Gasteiger partial charge in [0.25, 0.3) is 5.91 Å². The number of nitrogens with zero attached hydrogens (tertiary/aromatic N) is 3. The Balaban J connectivity index is 1.57. The molecule has 0 unspecified atom stereocenters. The average molecular weight is 394 g/mol. The van der Waals surface area contributed by atoms with Crippen LogP contribution in [0.1, 0.15) is 22.7 Å². The van der Waals surface area contributed by atoms with Gasteiger partial charge in [-0.25, -0.2) is 0 Å². The summed E-state index contributed by atoms with van der Waals surface area (Å²) in [4.78, 5) is 30.1. The number of anilines is 1. The number of methoxy groups -OCH3 is 1. The highest BCUT2D eigenvalue weighted by Gasteiger charge is 2.12. The lowest BCUT2D eigenvalue weighted by Gasteiger charge is -2.11. The number of carbonyl (C=O) groups excluding carboxylic acids is 2. The Bertz CT molecular complexity index is 996. The van der Waals surface area contributed by atoms with E-state index in [0.29, 0.717) is 29.4 Å². The van der Waals surface area contributed by atoms with Crippen LogP contribution >= 0.6 is 0 Å². The van der Waals surface area contributed by atoms with Crippen LogP contribution < -0.4 is 10.1 Å². The zero-order valence-electron chi connectivity index (χ0n) is 16.5. The molecule has 150 valence electrons. The summed E-state index contributed by atoms with van der Waals surface area (Å²) in [6, 6.07) is 14.1. The first kappa shape index (κ1) is 20.1. The highest BCUT2D eigenvalue weighted by Crippen LogP contribution is 2.20. The molecule has 0 saturated carbocycles. The molecule has 2 amide bonds. The SMILES string of the molecule is COc1ccc(-c2noc(CCC(=O)Nc3cccc(C(=O)N(C)C)c3)n2)cc1. The molecular weight excluding hydrogens is 372 g/mol. The molecule has 0 spiro atoms. The molecule has 3 rings (SSSR count). The van der Waals surface area contributed by atoms with Crippen molar-refractivity contribution in [3.05, 3.63) is 60.0 Å². The maximum Gasteiger partial charge on any atom is 0.253 e. The van der Waals surface area contributed by atoms with Crippen LogP contribution in [0.2, 0.25) is 0 Å². The van der Waals surface area contributed by atoms with Crippen molar-refractivity contribution in [2.24, 2.45) is 0 Å². The predicted octanol–water partition coefficient (Wildman–Crippen LogP) is 3.02. The van der Waals surface area contributed by atoms with E-state index in [-0.39, 0.29) is 18.2 Å². The van der Waals surface area contributed by atoms with Gasteiger partial charge >= 0.3 is 0 Å². The summed E-state index contributed by atoms with van der Waals surface area (Å²) < 4.78 is 10.4. The van der Waals surface area contributed by atoms with E-state index in [2.05, 4.69) is 15.5 Å². The van der Waals surface area contributed by atoms with Gasteiger partial charge in [0.05, 0.1) is 7.11 Å². The third-order valence-corrected chi connectivity index (χ3v) is 4.18. The van der Waals surface area contributed by atoms with Crippen LogP contribution in [0.5, 0.6) is 5.75 Å². The summed E-state index contributed by atoms with van der Waals surface area (Å²) in [6.07, 6.45) is 0.488. The lowest BCUT2D eigenvalue weighted by Crippen LogP contribution is -2.22. The monoisotopic (exact) mass is 394 g/mol. The van der Waals surface area contributed by atoms with Crippen LogP contribution in [-0.2, 0) is 11.2 Å². The number of aromatic nitrogens is 2. The second kappa shape index (κ2) is 9.01. The van der Waals surface area contributed by atoms with Crippen LogP contribution in [0.4, 0.5) is 5.69 Å². The van der Waals surface area contributed by atoms with E-state index in [1.807, 2.05) is 24.3 Å². The second-order valence-corrected chi connectivity index (χ2v) is 6.57. The Kier molecular flexibility index (Phi) is 6.23. The maximum absolute atomic E-state index is 12.2. The molecule has 8 heteroatoms. The topological polar surface area (TPSA) is 97.6 Å². The number of nitrogens with one attached hydrogen (secondary N) is 1. The fourth-order valence-corrected chi connectivity index (χ4v) is 2.65. The number of ether oxygens (including phenoxy) is 1. The fourth-order valence-electron chi connectivity index (χ4n) is 2.65. The van der Waals surface area contributed by atoms with Crippen molar-refractivity contribution in [2.45, 2.75) is 12.8 Å². The van der Waals surface area contributed by atoms with E-state index in [4.69, 9.17) is 9.26 Å². The van der Waals surface area contributed by atoms with E-state index >= 15 is 0 Å². The molecule has 0 bridgehead atoms. The zero-order valence-corrected chi connectivity index (χ0v) is 16.5. The van der Waals surface area contributed by atoms with E-state index < -0.39 is 0 Å². The number of hydrogen-bond acceptors (Lipinski definition) is 6. The standard InChI is InChI=1S/C21H22N4O4/c1-25(2)21(27)15-5-4-6-16(13-15)22-18(26)11-12-19-23-20(24-29-19)14-7-9-17(28-3)10-8-14/h4-10,13H,11-12H2,1-3H3,(H,22,26). The van der Waals surface area contributed by atoms with Gasteiger partial charge in [-0.05, 0) is 42.5 Å². The normalized spacial score (nSPS) is 10.4. The van der Waals surface area contributed by atoms with Crippen molar-refractivity contribution >= 4 is 17.5 Å². The van der Waals surface area contributed by atoms with Crippen molar-refractivity contribution in [1.82, 2.24) is 15.0 Å². The fraction of sp³-hybridized carbons (Fsp3) is 0.238. The zero-order chi connectivity index (χ0) is 20.8. The number of rotatable bonds is 7. The number of benzene rings is 2. The second-order valence-electron chi connectivity index (χ2n) is 6.57. The number of hydrogen-bond donors (Lipinski definition) is 1. The van der Waals surface area contributed by atoms with Crippen LogP contribution in [0.3, 0.4) is 0 Å². The molecule has 1 heterocycles. The van der Waals surface area contributed by atoms with Crippen molar-refractivity contribution in [1.29, 1.82) is 0 Å². The van der Waals surface area contributed by atoms with Crippen molar-refractivity contribution in [3.8, 4) is 17.1 Å². The Morgan fingerprint density at radius 1 is 1.14 bits per heavy atom. The van der Waals surface area contributed by atoms with Crippen LogP contribution in [-0.4, -0.2) is 48.1 Å². The molecule has 1 aromatic heterocycles. The molecule has 0 aliphatic rings. The molecule has 0 atom stereocenters. The summed E-state index contributed by atoms with van der Waals surface area (Å²) in [5, 5.41) is 6.73. The quantitative estimate of drug-likeness (QED) is 0.662. The molecule has 29 heavy (non-hydrogen) atoms. The summed E-state index contributed by atoms with van der Waals surface area (Å²) in [5.41, 5.74) is 1.87. The first-order valence-electron chi connectivity index (χ1n) is 9.05. The lowest BCUT2D eigenvalue weighted by atomic mass is 10.1. The summed E-state index contributed by atoms with van der Waals surface area (Å²) in [7, 11) is 4.96. The van der Waals surface area contributed by atoms with Gasteiger partial charge in [-0.15, -0.1) is 0 Å². The van der Waals surface area contributed by atoms with Gasteiger partial charge in [0.15, 0.2) is 0 Å². The van der Waals surface area contributed by atoms with Gasteiger partial charge in [0.2, 0.25) is 17.6 Å². The highest BCUT2D eigenvalue weighted by molar-refractivity contribution is 5.97. The molecule has 1 N–H and O–H groups in total. The molecule has 2 aromatic carbocycles. The van der Waals surface area contributed by atoms with E-state index in [9.17, 15) is 9.59 Å². The molecule has 8 nitrogen and oxygen atoms in total. The number of aryl methyl sites for hydroxylation is 1. The lowest BCUT2D eigenvalue weighted by molar-refractivity contribution is -0.116. The van der Waals surface area contributed by atoms with E-state index in [1.165, 1.54) is 4.90 Å². The average Bonchev–Trinajstić information content (AvgIpc) is 3.21. The Hall–Kier alpha value is -3.68. The smallest absolute Gasteiger partial charge is 0.253 e. The number of carbonyl (C=O) groups is 2. The van der Waals surface area contributed by atoms with Crippen molar-refractivity contribution in [3.63, 3.8) is 0 Å². The third-order valence-electron chi connectivity index (χ3n) is 4.18. The Labute approximate surface area is 168 Å². The molecular formula is C21H22N4O4. The van der Waals surface area contributed by atoms with Crippen molar-refractivity contribution in [2.75, 3.05) is 26.5 Å². The summed E-state index contributed by atoms with van der Waals surface area (Å²) >= 11 is 0. The van der Waals surface area contributed by atoms with Gasteiger partial charge in [-0.1, -0.05) is 11.2 Å². The minimum Gasteiger partial charge on any atom is -0.497 e. The molecule has 3 aromatic rings. The van der Waals surface area contributed by atoms with Crippen LogP contribution in [0.25, 0.3) is 11.4 Å². The maximum atomic E-state index is 12.2. The molecule has 0 aliphatic heterocycles. The molecule has 0 radical (unpaired) electrons. The van der Waals surface area contributed by atoms with Gasteiger partial charge in [-0.2, -0.15) is 4.98 Å². The van der Waals surface area contributed by atoms with Gasteiger partial charge < -0.3 is 19.5 Å². The Morgan fingerprint density at radius 2 is 1.90 bits per heavy atom. The molecule has 0 saturated heterocycles. The van der Waals surface area contributed by atoms with E-state index in [1.54, 1.807) is 45.5 Å². The van der Waals surface area contributed by atoms with E-state index in [0.717, 1.165) is 11.3 Å². The first-order valence-corrected chi connectivity index (χ1v) is 9.05. The predicted molar refractivity (Wildman–Crippen MR) is 108 cm³/mol. The summed E-state index contributed by atoms with van der Waals surface area (Å²) in [5.74, 6) is 1.24. The van der Waals surface area contributed by atoms with Crippen LogP contribution in [0, 0.1) is 0 Å². The number of amides is 2. The van der Waals surface area contributed by atoms with Gasteiger partial charge in [0, 0.05) is 43.8 Å². The van der Waals surface area contributed by atoms with Crippen molar-refractivity contribution < 1.29 is 18.8 Å². The third kappa shape index (κ3) is 5.19. The van der Waals surface area contributed by atoms with Crippen LogP contribution in [0.15, 0.2) is 53.1 Å². The Morgan fingerprint density at radius 3 is 2.59 bits per heavy atom. The minimum absolute atomic E-state index is 0.127. The first-order chi connectivity index (χ1) is 14.0. The largest absolute Gasteiger partial charge is 0.497 e. The minimum atomic E-state index is -0.205. The summed E-state index contributed by atoms with van der Waals surface area (Å²) in [6.45, 7) is 0. The van der Waals surface area contributed by atoms with Gasteiger partial charge in [0.1, 0.15) is 5.75 Å². The molecule has 0 fully saturated rings. The molecule has 0 aliphatic carbocycles. The highest BCUT2D eigenvalue weighted by atomic mass is 16.5.